The standard InChI is InChI=1S/C27H33N3O3/c1-29(2)15-7-12-26(31)22-10-6-11-25(18-22)32-24-13-16-30(17-14-24)20-23-19-27(33-28-23)21-8-4-3-5-9-21/h3-6,8-11,18-19,24H,7,12-17,20H2,1-2H3. The van der Waals surface area contributed by atoms with Crippen molar-refractivity contribution in [2.75, 3.05) is 33.7 Å². The molecule has 0 atom stereocenters. The quantitative estimate of drug-likeness (QED) is 0.412. The third-order valence-corrected chi connectivity index (χ3v) is 6.01. The summed E-state index contributed by atoms with van der Waals surface area (Å²) in [7, 11) is 4.05. The highest BCUT2D eigenvalue weighted by Crippen LogP contribution is 2.24. The number of likely N-dealkylation sites (tertiary alicyclic amines) is 1. The van der Waals surface area contributed by atoms with Crippen molar-refractivity contribution in [3.63, 3.8) is 0 Å². The number of benzene rings is 2. The van der Waals surface area contributed by atoms with Crippen LogP contribution < -0.4 is 4.74 Å². The number of aromatic nitrogens is 1. The summed E-state index contributed by atoms with van der Waals surface area (Å²) in [5.74, 6) is 1.77. The first-order valence-electron chi connectivity index (χ1n) is 11.7. The van der Waals surface area contributed by atoms with Crippen LogP contribution in [0.3, 0.4) is 0 Å². The van der Waals surface area contributed by atoms with E-state index >= 15 is 0 Å². The van der Waals surface area contributed by atoms with E-state index in [9.17, 15) is 4.79 Å². The third kappa shape index (κ3) is 6.76. The summed E-state index contributed by atoms with van der Waals surface area (Å²) >= 11 is 0. The zero-order valence-electron chi connectivity index (χ0n) is 19.6. The zero-order valence-corrected chi connectivity index (χ0v) is 19.6. The Morgan fingerprint density at radius 2 is 1.88 bits per heavy atom. The van der Waals surface area contributed by atoms with Gasteiger partial charge in [0.15, 0.2) is 11.5 Å². The number of nitrogens with zero attached hydrogens (tertiary/aromatic N) is 3. The molecule has 2 heterocycles. The van der Waals surface area contributed by atoms with Crippen molar-refractivity contribution in [1.82, 2.24) is 15.0 Å². The molecule has 2 aromatic carbocycles. The predicted octanol–water partition coefficient (Wildman–Crippen LogP) is 4.91. The Hall–Kier alpha value is -2.96. The van der Waals surface area contributed by atoms with Crippen LogP contribution in [-0.4, -0.2) is 60.6 Å². The van der Waals surface area contributed by atoms with Crippen molar-refractivity contribution in [3.8, 4) is 17.1 Å². The van der Waals surface area contributed by atoms with Crippen molar-refractivity contribution >= 4 is 5.78 Å². The molecule has 0 saturated carbocycles. The Morgan fingerprint density at radius 3 is 2.64 bits per heavy atom. The molecule has 0 amide bonds. The molecule has 1 aromatic heterocycles. The van der Waals surface area contributed by atoms with Crippen LogP contribution >= 0.6 is 0 Å². The molecule has 6 nitrogen and oxygen atoms in total. The SMILES string of the molecule is CN(C)CCCC(=O)c1cccc(OC2CCN(Cc3cc(-c4ccccc4)on3)CC2)c1. The van der Waals surface area contributed by atoms with Gasteiger partial charge < -0.3 is 14.2 Å². The van der Waals surface area contributed by atoms with E-state index in [1.807, 2.05) is 74.8 Å². The van der Waals surface area contributed by atoms with Crippen LogP contribution in [0.5, 0.6) is 5.75 Å². The van der Waals surface area contributed by atoms with Crippen LogP contribution in [0, 0.1) is 0 Å². The molecule has 6 heteroatoms. The molecule has 1 saturated heterocycles. The topological polar surface area (TPSA) is 58.8 Å². The molecule has 174 valence electrons. The second-order valence-electron chi connectivity index (χ2n) is 9.00. The van der Waals surface area contributed by atoms with Crippen LogP contribution in [0.2, 0.25) is 0 Å². The molecule has 0 aliphatic carbocycles. The molecule has 3 aromatic rings. The van der Waals surface area contributed by atoms with E-state index in [1.54, 1.807) is 0 Å². The molecular weight excluding hydrogens is 414 g/mol. The number of piperidine rings is 1. The van der Waals surface area contributed by atoms with Gasteiger partial charge >= 0.3 is 0 Å². The van der Waals surface area contributed by atoms with Gasteiger partial charge in [-0.2, -0.15) is 0 Å². The number of ketones is 1. The number of Topliss-reactive ketones (excluding diaryl/α,β-unsaturated/α-hetero) is 1. The summed E-state index contributed by atoms with van der Waals surface area (Å²) in [6.07, 6.45) is 3.49. The first-order valence-corrected chi connectivity index (χ1v) is 11.7. The Bertz CT molecular complexity index is 1020. The molecule has 0 bridgehead atoms. The van der Waals surface area contributed by atoms with Gasteiger partial charge in [-0.15, -0.1) is 0 Å². The van der Waals surface area contributed by atoms with Gasteiger partial charge in [-0.05, 0) is 52.0 Å². The fraction of sp³-hybridized carbons (Fsp3) is 0.407. The zero-order chi connectivity index (χ0) is 23.0. The van der Waals surface area contributed by atoms with Gasteiger partial charge in [-0.25, -0.2) is 0 Å². The van der Waals surface area contributed by atoms with E-state index in [1.165, 1.54) is 0 Å². The second-order valence-corrected chi connectivity index (χ2v) is 9.00. The van der Waals surface area contributed by atoms with E-state index in [0.717, 1.165) is 73.8 Å². The summed E-state index contributed by atoms with van der Waals surface area (Å²) in [6, 6.07) is 19.7. The molecule has 0 N–H and O–H groups in total. The van der Waals surface area contributed by atoms with Crippen molar-refractivity contribution < 1.29 is 14.1 Å². The summed E-state index contributed by atoms with van der Waals surface area (Å²) in [5.41, 5.74) is 2.74. The number of rotatable bonds is 10. The van der Waals surface area contributed by atoms with Crippen molar-refractivity contribution in [3.05, 3.63) is 71.9 Å². The summed E-state index contributed by atoms with van der Waals surface area (Å²) in [4.78, 5) is 17.0. The maximum absolute atomic E-state index is 12.5. The molecule has 0 radical (unpaired) electrons. The Morgan fingerprint density at radius 1 is 1.09 bits per heavy atom. The van der Waals surface area contributed by atoms with E-state index < -0.39 is 0 Å². The molecule has 4 rings (SSSR count). The van der Waals surface area contributed by atoms with Crippen LogP contribution in [0.4, 0.5) is 0 Å². The number of carbonyl (C=O) groups is 1. The van der Waals surface area contributed by atoms with Gasteiger partial charge in [0.25, 0.3) is 0 Å². The first-order chi connectivity index (χ1) is 16.1. The molecule has 1 aliphatic rings. The Balaban J connectivity index is 1.24. The van der Waals surface area contributed by atoms with Gasteiger partial charge in [0, 0.05) is 43.2 Å². The largest absolute Gasteiger partial charge is 0.490 e. The number of hydrogen-bond donors (Lipinski definition) is 0. The van der Waals surface area contributed by atoms with Gasteiger partial charge in [0.1, 0.15) is 11.9 Å². The predicted molar refractivity (Wildman–Crippen MR) is 129 cm³/mol. The lowest BCUT2D eigenvalue weighted by Crippen LogP contribution is -2.37. The minimum Gasteiger partial charge on any atom is -0.490 e. The first kappa shape index (κ1) is 23.2. The van der Waals surface area contributed by atoms with E-state index in [-0.39, 0.29) is 11.9 Å². The highest BCUT2D eigenvalue weighted by molar-refractivity contribution is 5.96. The number of hydrogen-bond acceptors (Lipinski definition) is 6. The van der Waals surface area contributed by atoms with Crippen LogP contribution in [-0.2, 0) is 6.54 Å². The smallest absolute Gasteiger partial charge is 0.167 e. The Kier molecular flexibility index (Phi) is 7.92. The minimum atomic E-state index is 0.164. The lowest BCUT2D eigenvalue weighted by atomic mass is 10.1. The van der Waals surface area contributed by atoms with Crippen molar-refractivity contribution in [2.45, 2.75) is 38.3 Å². The molecule has 1 aliphatic heterocycles. The molecule has 33 heavy (non-hydrogen) atoms. The van der Waals surface area contributed by atoms with Gasteiger partial charge in [-0.1, -0.05) is 47.6 Å². The average Bonchev–Trinajstić information content (AvgIpc) is 3.29. The maximum atomic E-state index is 12.5. The fourth-order valence-corrected chi connectivity index (χ4v) is 4.17. The summed E-state index contributed by atoms with van der Waals surface area (Å²) in [5, 5.41) is 4.25. The van der Waals surface area contributed by atoms with Gasteiger partial charge in [-0.3, -0.25) is 9.69 Å². The second kappa shape index (κ2) is 11.3. The highest BCUT2D eigenvalue weighted by Gasteiger charge is 2.22. The summed E-state index contributed by atoms with van der Waals surface area (Å²) in [6.45, 7) is 3.59. The fourth-order valence-electron chi connectivity index (χ4n) is 4.17. The van der Waals surface area contributed by atoms with Crippen molar-refractivity contribution in [2.24, 2.45) is 0 Å². The van der Waals surface area contributed by atoms with Crippen LogP contribution in [0.25, 0.3) is 11.3 Å². The number of carbonyl (C=O) groups excluding carboxylic acids is 1. The monoisotopic (exact) mass is 447 g/mol. The molecular formula is C27H33N3O3. The normalized spacial score (nSPS) is 15.1. The number of ether oxygens (including phenoxy) is 1. The lowest BCUT2D eigenvalue weighted by molar-refractivity contribution is 0.0941. The molecule has 1 fully saturated rings. The van der Waals surface area contributed by atoms with Crippen LogP contribution in [0.15, 0.2) is 65.2 Å². The van der Waals surface area contributed by atoms with Gasteiger partial charge in [0.05, 0.1) is 5.69 Å². The van der Waals surface area contributed by atoms with E-state index in [0.29, 0.717) is 6.42 Å². The third-order valence-electron chi connectivity index (χ3n) is 6.01. The molecule has 0 spiro atoms. The minimum absolute atomic E-state index is 0.164. The Labute approximate surface area is 196 Å². The van der Waals surface area contributed by atoms with Gasteiger partial charge in [0.2, 0.25) is 0 Å². The average molecular weight is 448 g/mol. The van der Waals surface area contributed by atoms with E-state index in [4.69, 9.17) is 9.26 Å². The van der Waals surface area contributed by atoms with Crippen molar-refractivity contribution in [1.29, 1.82) is 0 Å². The highest BCUT2D eigenvalue weighted by atomic mass is 16.5. The lowest BCUT2D eigenvalue weighted by Gasteiger charge is -2.31. The summed E-state index contributed by atoms with van der Waals surface area (Å²) < 4.78 is 11.8. The maximum Gasteiger partial charge on any atom is 0.167 e. The van der Waals surface area contributed by atoms with E-state index in [2.05, 4.69) is 15.0 Å². The molecule has 0 unspecified atom stereocenters. The van der Waals surface area contributed by atoms with Crippen LogP contribution in [0.1, 0.15) is 41.7 Å².